The normalized spacial score (nSPS) is 18.7. The van der Waals surface area contributed by atoms with Gasteiger partial charge in [0.15, 0.2) is 0 Å². The van der Waals surface area contributed by atoms with Gasteiger partial charge in [0.2, 0.25) is 0 Å². The summed E-state index contributed by atoms with van der Waals surface area (Å²) in [5, 5.41) is 9.49. The zero-order valence-electron chi connectivity index (χ0n) is 12.1. The Morgan fingerprint density at radius 2 is 1.84 bits per heavy atom. The lowest BCUT2D eigenvalue weighted by molar-refractivity contribution is -0.157. The maximum absolute atomic E-state index is 11.6. The van der Waals surface area contributed by atoms with Crippen LogP contribution in [0.2, 0.25) is 0 Å². The third-order valence-electron chi connectivity index (χ3n) is 4.47. The van der Waals surface area contributed by atoms with Gasteiger partial charge in [0.1, 0.15) is 0 Å². The molecule has 2 rings (SSSR count). The lowest BCUT2D eigenvalue weighted by Crippen LogP contribution is -2.55. The average molecular weight is 262 g/mol. The summed E-state index contributed by atoms with van der Waals surface area (Å²) >= 11 is 0. The van der Waals surface area contributed by atoms with Crippen molar-refractivity contribution in [1.82, 2.24) is 0 Å². The number of carboxylic acid groups (broad SMARTS) is 1. The predicted molar refractivity (Wildman–Crippen MR) is 74.6 cm³/mol. The highest BCUT2D eigenvalue weighted by atomic mass is 16.5. The smallest absolute Gasteiger partial charge is 0.307 e. The monoisotopic (exact) mass is 262 g/mol. The van der Waals surface area contributed by atoms with Gasteiger partial charge < -0.3 is 9.84 Å². The number of carboxylic acids is 1. The van der Waals surface area contributed by atoms with Gasteiger partial charge >= 0.3 is 5.97 Å². The Kier molecular flexibility index (Phi) is 3.68. The molecule has 0 saturated carbocycles. The topological polar surface area (TPSA) is 46.5 Å². The molecule has 1 fully saturated rings. The van der Waals surface area contributed by atoms with Crippen molar-refractivity contribution in [3.8, 4) is 0 Å². The van der Waals surface area contributed by atoms with Gasteiger partial charge in [-0.05, 0) is 49.4 Å². The van der Waals surface area contributed by atoms with E-state index in [1.54, 1.807) is 0 Å². The number of benzene rings is 1. The Balaban J connectivity index is 2.53. The van der Waals surface area contributed by atoms with E-state index in [0.717, 1.165) is 5.56 Å². The summed E-state index contributed by atoms with van der Waals surface area (Å²) in [4.78, 5) is 11.6. The number of hydrogen-bond acceptors (Lipinski definition) is 2. The van der Waals surface area contributed by atoms with Crippen LogP contribution >= 0.6 is 0 Å². The Hall–Kier alpha value is -1.35. The number of ether oxygens (including phenoxy) is 1. The Bertz CT molecular complexity index is 501. The van der Waals surface area contributed by atoms with Crippen LogP contribution in [0.5, 0.6) is 0 Å². The molecule has 3 heteroatoms. The molecule has 1 aromatic carbocycles. The van der Waals surface area contributed by atoms with Gasteiger partial charge in [-0.15, -0.1) is 0 Å². The molecule has 1 aliphatic rings. The third-order valence-corrected chi connectivity index (χ3v) is 4.47. The molecule has 0 bridgehead atoms. The summed E-state index contributed by atoms with van der Waals surface area (Å²) in [5.41, 5.74) is 4.44. The molecular weight excluding hydrogens is 240 g/mol. The van der Waals surface area contributed by atoms with Crippen LogP contribution in [0.3, 0.4) is 0 Å². The van der Waals surface area contributed by atoms with Gasteiger partial charge in [-0.3, -0.25) is 4.79 Å². The van der Waals surface area contributed by atoms with Gasteiger partial charge in [-0.25, -0.2) is 0 Å². The van der Waals surface area contributed by atoms with Crippen molar-refractivity contribution in [2.75, 3.05) is 13.2 Å². The molecule has 0 spiro atoms. The van der Waals surface area contributed by atoms with Crippen LogP contribution in [0.15, 0.2) is 12.1 Å². The van der Waals surface area contributed by atoms with Crippen LogP contribution in [-0.4, -0.2) is 24.3 Å². The highest BCUT2D eigenvalue weighted by Crippen LogP contribution is 2.43. The molecule has 19 heavy (non-hydrogen) atoms. The van der Waals surface area contributed by atoms with Crippen molar-refractivity contribution in [1.29, 1.82) is 0 Å². The lowest BCUT2D eigenvalue weighted by atomic mass is 9.66. The van der Waals surface area contributed by atoms with Crippen LogP contribution in [0.1, 0.15) is 35.6 Å². The summed E-state index contributed by atoms with van der Waals surface area (Å²) in [7, 11) is 0. The highest BCUT2D eigenvalue weighted by Gasteiger charge is 2.50. The molecule has 0 aromatic heterocycles. The molecule has 3 nitrogen and oxygen atoms in total. The van der Waals surface area contributed by atoms with Crippen molar-refractivity contribution in [2.24, 2.45) is 5.92 Å². The van der Waals surface area contributed by atoms with Crippen molar-refractivity contribution in [3.05, 3.63) is 34.4 Å². The average Bonchev–Trinajstić information content (AvgIpc) is 2.28. The van der Waals surface area contributed by atoms with Crippen molar-refractivity contribution in [3.63, 3.8) is 0 Å². The van der Waals surface area contributed by atoms with Crippen LogP contribution in [-0.2, 0) is 14.9 Å². The quantitative estimate of drug-likeness (QED) is 0.907. The molecule has 1 aromatic rings. The third kappa shape index (κ3) is 2.16. The van der Waals surface area contributed by atoms with E-state index < -0.39 is 5.97 Å². The fourth-order valence-corrected chi connectivity index (χ4v) is 3.17. The van der Waals surface area contributed by atoms with Crippen molar-refractivity contribution >= 4 is 5.97 Å². The van der Waals surface area contributed by atoms with Gasteiger partial charge in [0, 0.05) is 0 Å². The van der Waals surface area contributed by atoms with E-state index in [2.05, 4.69) is 32.9 Å². The van der Waals surface area contributed by atoms with Crippen LogP contribution < -0.4 is 0 Å². The molecule has 0 radical (unpaired) electrons. The lowest BCUT2D eigenvalue weighted by Gasteiger charge is -2.46. The van der Waals surface area contributed by atoms with Gasteiger partial charge in [0.05, 0.1) is 24.5 Å². The first-order valence-corrected chi connectivity index (χ1v) is 6.81. The zero-order chi connectivity index (χ0) is 14.2. The molecule has 104 valence electrons. The number of carbonyl (C=O) groups is 1. The fraction of sp³-hybridized carbons (Fsp3) is 0.562. The second-order valence-corrected chi connectivity index (χ2v) is 5.70. The Labute approximate surface area is 114 Å². The van der Waals surface area contributed by atoms with E-state index in [0.29, 0.717) is 19.6 Å². The fourth-order valence-electron chi connectivity index (χ4n) is 3.17. The van der Waals surface area contributed by atoms with E-state index in [9.17, 15) is 9.90 Å². The predicted octanol–water partition coefficient (Wildman–Crippen LogP) is 2.99. The molecule has 1 aliphatic heterocycles. The summed E-state index contributed by atoms with van der Waals surface area (Å²) in [6.45, 7) is 9.20. The molecule has 1 N–H and O–H groups in total. The van der Waals surface area contributed by atoms with Crippen LogP contribution in [0.4, 0.5) is 0 Å². The van der Waals surface area contributed by atoms with Gasteiger partial charge in [-0.2, -0.15) is 0 Å². The van der Waals surface area contributed by atoms with E-state index in [4.69, 9.17) is 4.74 Å². The number of aliphatic carboxylic acids is 1. The largest absolute Gasteiger partial charge is 0.481 e. The minimum atomic E-state index is -0.719. The number of hydrogen-bond donors (Lipinski definition) is 1. The second kappa shape index (κ2) is 4.97. The van der Waals surface area contributed by atoms with Crippen LogP contribution in [0.25, 0.3) is 0 Å². The number of aryl methyl sites for hydroxylation is 3. The molecule has 1 unspecified atom stereocenters. The van der Waals surface area contributed by atoms with Crippen molar-refractivity contribution in [2.45, 2.75) is 39.5 Å². The minimum Gasteiger partial charge on any atom is -0.481 e. The van der Waals surface area contributed by atoms with Gasteiger partial charge in [-0.1, -0.05) is 19.1 Å². The molecule has 1 saturated heterocycles. The summed E-state index contributed by atoms with van der Waals surface area (Å²) in [5.74, 6) is -1.09. The van der Waals surface area contributed by atoms with E-state index in [1.165, 1.54) is 16.7 Å². The van der Waals surface area contributed by atoms with E-state index in [1.807, 2.05) is 6.92 Å². The molecule has 0 aliphatic carbocycles. The first kappa shape index (κ1) is 14.1. The summed E-state index contributed by atoms with van der Waals surface area (Å²) in [6, 6.07) is 4.30. The maximum Gasteiger partial charge on any atom is 0.307 e. The summed E-state index contributed by atoms with van der Waals surface area (Å²) in [6.07, 6.45) is 0.630. The molecule has 0 amide bonds. The summed E-state index contributed by atoms with van der Waals surface area (Å²) < 4.78 is 5.39. The SMILES string of the molecule is CCC(C(=O)O)C1(c2cc(C)c(C)cc2C)COC1. The first-order valence-electron chi connectivity index (χ1n) is 6.81. The zero-order valence-corrected chi connectivity index (χ0v) is 12.1. The Morgan fingerprint density at radius 3 is 2.26 bits per heavy atom. The standard InChI is InChI=1S/C16H22O3/c1-5-13(15(17)18)16(8-19-9-16)14-7-11(3)10(2)6-12(14)4/h6-7,13H,5,8-9H2,1-4H3,(H,17,18). The van der Waals surface area contributed by atoms with Gasteiger partial charge in [0.25, 0.3) is 0 Å². The second-order valence-electron chi connectivity index (χ2n) is 5.70. The first-order chi connectivity index (χ1) is 8.92. The molecular formula is C16H22O3. The van der Waals surface area contributed by atoms with Crippen LogP contribution in [0, 0.1) is 26.7 Å². The number of rotatable bonds is 4. The highest BCUT2D eigenvalue weighted by molar-refractivity contribution is 5.73. The minimum absolute atomic E-state index is 0.344. The maximum atomic E-state index is 11.6. The van der Waals surface area contributed by atoms with E-state index >= 15 is 0 Å². The molecule has 1 heterocycles. The van der Waals surface area contributed by atoms with Crippen molar-refractivity contribution < 1.29 is 14.6 Å². The Morgan fingerprint density at radius 1 is 1.26 bits per heavy atom. The van der Waals surface area contributed by atoms with E-state index in [-0.39, 0.29) is 11.3 Å². The molecule has 1 atom stereocenters.